The first-order chi connectivity index (χ1) is 9.66. The van der Waals surface area contributed by atoms with Crippen LogP contribution in [0, 0.1) is 5.41 Å². The molecule has 0 saturated carbocycles. The summed E-state index contributed by atoms with van der Waals surface area (Å²) in [4.78, 5) is 18.6. The van der Waals surface area contributed by atoms with Crippen molar-refractivity contribution >= 4 is 33.1 Å². The maximum absolute atomic E-state index is 12.0. The van der Waals surface area contributed by atoms with Crippen molar-refractivity contribution in [3.63, 3.8) is 0 Å². The van der Waals surface area contributed by atoms with E-state index in [2.05, 4.69) is 33.4 Å². The van der Waals surface area contributed by atoms with E-state index in [1.807, 2.05) is 5.51 Å². The van der Waals surface area contributed by atoms with Crippen molar-refractivity contribution < 1.29 is 9.90 Å². The number of hydrogen-bond donors (Lipinski definition) is 2. The highest BCUT2D eigenvalue weighted by Crippen LogP contribution is 2.41. The van der Waals surface area contributed by atoms with Crippen LogP contribution in [0.1, 0.15) is 12.8 Å². The van der Waals surface area contributed by atoms with Gasteiger partial charge in [-0.25, -0.2) is 4.98 Å². The van der Waals surface area contributed by atoms with Gasteiger partial charge in [0, 0.05) is 25.2 Å². The molecule has 3 heterocycles. The van der Waals surface area contributed by atoms with Crippen LogP contribution >= 0.6 is 11.3 Å². The predicted octanol–water partition coefficient (Wildman–Crippen LogP) is 1.33. The minimum Gasteiger partial charge on any atom is -0.374 e. The zero-order valence-electron chi connectivity index (χ0n) is 10.9. The summed E-state index contributed by atoms with van der Waals surface area (Å²) < 4.78 is 1.18. The number of thiazole rings is 1. The second-order valence-electron chi connectivity index (χ2n) is 5.65. The van der Waals surface area contributed by atoms with E-state index < -0.39 is 11.6 Å². The van der Waals surface area contributed by atoms with E-state index in [0.717, 1.165) is 24.2 Å². The number of rotatable bonds is 1. The third kappa shape index (κ3) is 1.72. The first-order valence-electron chi connectivity index (χ1n) is 6.74. The van der Waals surface area contributed by atoms with Gasteiger partial charge in [0.2, 0.25) is 5.91 Å². The van der Waals surface area contributed by atoms with Gasteiger partial charge in [-0.15, -0.1) is 11.3 Å². The molecular weight excluding hydrogens is 274 g/mol. The number of nitrogens with one attached hydrogen (secondary N) is 1. The lowest BCUT2D eigenvalue weighted by molar-refractivity contribution is -0.127. The molecule has 1 aromatic heterocycles. The van der Waals surface area contributed by atoms with Gasteiger partial charge in [0.1, 0.15) is 6.23 Å². The van der Waals surface area contributed by atoms with E-state index in [4.69, 9.17) is 0 Å². The molecule has 20 heavy (non-hydrogen) atoms. The van der Waals surface area contributed by atoms with Crippen LogP contribution in [0.15, 0.2) is 23.7 Å². The Morgan fingerprint density at radius 1 is 1.50 bits per heavy atom. The number of nitrogens with zero attached hydrogens (tertiary/aromatic N) is 2. The number of carbonyl (C=O) groups is 1. The zero-order valence-corrected chi connectivity index (χ0v) is 11.7. The van der Waals surface area contributed by atoms with Crippen molar-refractivity contribution in [2.75, 3.05) is 18.0 Å². The minimum atomic E-state index is -0.691. The fraction of sp³-hybridized carbons (Fsp3) is 0.429. The molecule has 2 atom stereocenters. The van der Waals surface area contributed by atoms with E-state index >= 15 is 0 Å². The Kier molecular flexibility index (Phi) is 2.52. The van der Waals surface area contributed by atoms with Crippen LogP contribution < -0.4 is 10.2 Å². The first kappa shape index (κ1) is 12.1. The Balaban J connectivity index is 1.63. The van der Waals surface area contributed by atoms with Crippen LogP contribution in [0.25, 0.3) is 10.2 Å². The van der Waals surface area contributed by atoms with Gasteiger partial charge in [-0.1, -0.05) is 0 Å². The first-order valence-corrected chi connectivity index (χ1v) is 7.62. The molecule has 2 unspecified atom stereocenters. The maximum Gasteiger partial charge on any atom is 0.230 e. The molecule has 0 radical (unpaired) electrons. The van der Waals surface area contributed by atoms with E-state index in [9.17, 15) is 9.90 Å². The highest BCUT2D eigenvalue weighted by atomic mass is 32.1. The SMILES string of the molecule is O=C1NC(O)CC12CCN(c1ccc3scnc3c1)C2. The zero-order chi connectivity index (χ0) is 13.7. The molecule has 2 aliphatic heterocycles. The Morgan fingerprint density at radius 2 is 2.40 bits per heavy atom. The summed E-state index contributed by atoms with van der Waals surface area (Å²) in [5, 5.41) is 12.3. The number of aliphatic hydroxyl groups excluding tert-OH is 1. The Morgan fingerprint density at radius 3 is 3.20 bits per heavy atom. The molecule has 1 amide bonds. The molecule has 4 rings (SSSR count). The summed E-state index contributed by atoms with van der Waals surface area (Å²) in [6.07, 6.45) is 0.621. The van der Waals surface area contributed by atoms with Gasteiger partial charge >= 0.3 is 0 Å². The lowest BCUT2D eigenvalue weighted by Crippen LogP contribution is -2.34. The number of fused-ring (bicyclic) bond motifs is 1. The van der Waals surface area contributed by atoms with E-state index in [1.54, 1.807) is 11.3 Å². The quantitative estimate of drug-likeness (QED) is 0.831. The second-order valence-corrected chi connectivity index (χ2v) is 6.54. The molecule has 2 N–H and O–H groups in total. The summed E-state index contributed by atoms with van der Waals surface area (Å²) in [5.74, 6) is -0.0118. The van der Waals surface area contributed by atoms with Crippen molar-refractivity contribution in [3.8, 4) is 0 Å². The van der Waals surface area contributed by atoms with Crippen LogP contribution in [0.2, 0.25) is 0 Å². The van der Waals surface area contributed by atoms with Gasteiger partial charge in [0.15, 0.2) is 0 Å². The number of anilines is 1. The summed E-state index contributed by atoms with van der Waals surface area (Å²) in [6.45, 7) is 1.52. The smallest absolute Gasteiger partial charge is 0.230 e. The van der Waals surface area contributed by atoms with Crippen molar-refractivity contribution in [1.29, 1.82) is 0 Å². The van der Waals surface area contributed by atoms with Gasteiger partial charge < -0.3 is 15.3 Å². The van der Waals surface area contributed by atoms with Crippen molar-refractivity contribution in [2.45, 2.75) is 19.1 Å². The van der Waals surface area contributed by atoms with E-state index in [0.29, 0.717) is 13.0 Å². The van der Waals surface area contributed by atoms with E-state index in [-0.39, 0.29) is 5.91 Å². The molecule has 1 aromatic carbocycles. The fourth-order valence-electron chi connectivity index (χ4n) is 3.31. The van der Waals surface area contributed by atoms with Gasteiger partial charge in [-0.05, 0) is 24.6 Å². The Hall–Kier alpha value is -1.66. The van der Waals surface area contributed by atoms with Gasteiger partial charge in [-0.3, -0.25) is 4.79 Å². The van der Waals surface area contributed by atoms with Gasteiger partial charge in [0.05, 0.1) is 21.1 Å². The van der Waals surface area contributed by atoms with Gasteiger partial charge in [-0.2, -0.15) is 0 Å². The van der Waals surface area contributed by atoms with Crippen LogP contribution in [0.5, 0.6) is 0 Å². The highest BCUT2D eigenvalue weighted by molar-refractivity contribution is 7.16. The van der Waals surface area contributed by atoms with E-state index in [1.165, 1.54) is 4.70 Å². The topological polar surface area (TPSA) is 65.5 Å². The number of benzene rings is 1. The molecule has 104 valence electrons. The maximum atomic E-state index is 12.0. The van der Waals surface area contributed by atoms with Crippen molar-refractivity contribution in [1.82, 2.24) is 10.3 Å². The molecule has 6 heteroatoms. The van der Waals surface area contributed by atoms with Crippen molar-refractivity contribution in [2.24, 2.45) is 5.41 Å². The third-order valence-corrected chi connectivity index (χ3v) is 5.21. The van der Waals surface area contributed by atoms with Crippen LogP contribution in [-0.2, 0) is 4.79 Å². The predicted molar refractivity (Wildman–Crippen MR) is 77.6 cm³/mol. The molecule has 0 bridgehead atoms. The number of amides is 1. The fourth-order valence-corrected chi connectivity index (χ4v) is 3.96. The molecule has 1 spiro atoms. The lowest BCUT2D eigenvalue weighted by Gasteiger charge is -2.22. The molecule has 0 aliphatic carbocycles. The molecule has 2 fully saturated rings. The Bertz CT molecular complexity index is 686. The highest BCUT2D eigenvalue weighted by Gasteiger charge is 2.50. The molecule has 2 saturated heterocycles. The number of hydrogen-bond acceptors (Lipinski definition) is 5. The van der Waals surface area contributed by atoms with Crippen LogP contribution in [0.3, 0.4) is 0 Å². The largest absolute Gasteiger partial charge is 0.374 e. The standard InChI is InChI=1S/C14H15N3O2S/c18-12-6-14(13(19)16-12)3-4-17(7-14)9-1-2-11-10(5-9)15-8-20-11/h1-2,5,8,12,18H,3-4,6-7H2,(H,16,19). The molecule has 2 aliphatic rings. The average Bonchev–Trinajstić information content (AvgIpc) is 3.09. The minimum absolute atomic E-state index is 0.0118. The number of aromatic nitrogens is 1. The molecule has 5 nitrogen and oxygen atoms in total. The number of carbonyl (C=O) groups excluding carboxylic acids is 1. The van der Waals surface area contributed by atoms with Gasteiger partial charge in [0.25, 0.3) is 0 Å². The van der Waals surface area contributed by atoms with Crippen LogP contribution in [-0.4, -0.2) is 35.3 Å². The summed E-state index contributed by atoms with van der Waals surface area (Å²) in [7, 11) is 0. The summed E-state index contributed by atoms with van der Waals surface area (Å²) >= 11 is 1.63. The monoisotopic (exact) mass is 289 g/mol. The summed E-state index contributed by atoms with van der Waals surface area (Å²) in [5.41, 5.74) is 3.54. The summed E-state index contributed by atoms with van der Waals surface area (Å²) in [6, 6.07) is 6.24. The number of aliphatic hydroxyl groups is 1. The average molecular weight is 289 g/mol. The van der Waals surface area contributed by atoms with Crippen molar-refractivity contribution in [3.05, 3.63) is 23.7 Å². The van der Waals surface area contributed by atoms with Crippen LogP contribution in [0.4, 0.5) is 5.69 Å². The molecule has 2 aromatic rings. The lowest BCUT2D eigenvalue weighted by atomic mass is 9.85. The normalized spacial score (nSPS) is 29.6. The Labute approximate surface area is 120 Å². The third-order valence-electron chi connectivity index (χ3n) is 4.40. The molecular formula is C14H15N3O2S. The second kappa shape index (κ2) is 4.17.